The molecular weight excluding hydrogens is 246 g/mol. The molecule has 6 heteroatoms. The van der Waals surface area contributed by atoms with Crippen LogP contribution in [0.3, 0.4) is 0 Å². The Balaban J connectivity index is 2.15. The van der Waals surface area contributed by atoms with Gasteiger partial charge in [0.1, 0.15) is 4.88 Å². The molecule has 1 fully saturated rings. The van der Waals surface area contributed by atoms with Crippen molar-refractivity contribution in [1.82, 2.24) is 9.88 Å². The van der Waals surface area contributed by atoms with Crippen LogP contribution >= 0.6 is 22.9 Å². The Morgan fingerprint density at radius 3 is 2.88 bits per heavy atom. The number of aldehydes is 1. The van der Waals surface area contributed by atoms with Gasteiger partial charge in [0.2, 0.25) is 0 Å². The Morgan fingerprint density at radius 2 is 2.31 bits per heavy atom. The number of piperazine rings is 1. The topological polar surface area (TPSA) is 36.4 Å². The largest absolute Gasteiger partial charge is 0.345 e. The van der Waals surface area contributed by atoms with Crippen molar-refractivity contribution in [3.05, 3.63) is 10.0 Å². The van der Waals surface area contributed by atoms with E-state index in [0.717, 1.165) is 31.1 Å². The van der Waals surface area contributed by atoms with Crippen molar-refractivity contribution >= 4 is 34.4 Å². The average Bonchev–Trinajstić information content (AvgIpc) is 2.64. The van der Waals surface area contributed by atoms with Gasteiger partial charge in [-0.3, -0.25) is 4.79 Å². The zero-order chi connectivity index (χ0) is 11.7. The summed E-state index contributed by atoms with van der Waals surface area (Å²) in [6, 6.07) is 0.496. The fourth-order valence-electron chi connectivity index (χ4n) is 1.73. The summed E-state index contributed by atoms with van der Waals surface area (Å²) in [5, 5.41) is 1.17. The van der Waals surface area contributed by atoms with Crippen LogP contribution in [0.2, 0.25) is 5.15 Å². The molecular formula is C10H14ClN3OS. The van der Waals surface area contributed by atoms with E-state index < -0.39 is 0 Å². The van der Waals surface area contributed by atoms with Crippen molar-refractivity contribution in [3.8, 4) is 0 Å². The van der Waals surface area contributed by atoms with Crippen LogP contribution in [0.4, 0.5) is 5.13 Å². The predicted molar refractivity (Wildman–Crippen MR) is 66.8 cm³/mol. The highest BCUT2D eigenvalue weighted by Gasteiger charge is 2.23. The van der Waals surface area contributed by atoms with Crippen LogP contribution in [-0.4, -0.2) is 48.9 Å². The molecule has 2 rings (SSSR count). The minimum Gasteiger partial charge on any atom is -0.345 e. The SMILES string of the molecule is CC1CN(c2nc(Cl)c(C=O)s2)CCN1C. The second kappa shape index (κ2) is 4.69. The summed E-state index contributed by atoms with van der Waals surface area (Å²) in [7, 11) is 2.12. The Labute approximate surface area is 104 Å². The first-order valence-electron chi connectivity index (χ1n) is 5.18. The van der Waals surface area contributed by atoms with E-state index in [0.29, 0.717) is 16.1 Å². The van der Waals surface area contributed by atoms with E-state index in [9.17, 15) is 4.79 Å². The van der Waals surface area contributed by atoms with Crippen LogP contribution in [0.5, 0.6) is 0 Å². The van der Waals surface area contributed by atoms with Gasteiger partial charge in [-0.25, -0.2) is 4.98 Å². The van der Waals surface area contributed by atoms with Gasteiger partial charge in [0, 0.05) is 25.7 Å². The summed E-state index contributed by atoms with van der Waals surface area (Å²) >= 11 is 7.23. The molecule has 88 valence electrons. The lowest BCUT2D eigenvalue weighted by molar-refractivity contribution is 0.112. The fourth-order valence-corrected chi connectivity index (χ4v) is 2.83. The summed E-state index contributed by atoms with van der Waals surface area (Å²) in [4.78, 5) is 19.9. The number of anilines is 1. The number of halogens is 1. The third-order valence-electron chi connectivity index (χ3n) is 2.94. The van der Waals surface area contributed by atoms with E-state index >= 15 is 0 Å². The summed E-state index contributed by atoms with van der Waals surface area (Å²) < 4.78 is 0. The number of rotatable bonds is 2. The normalized spacial score (nSPS) is 22.4. The second-order valence-corrected chi connectivity index (χ2v) is 5.41. The molecule has 0 spiro atoms. The molecule has 0 radical (unpaired) electrons. The molecule has 1 unspecified atom stereocenters. The lowest BCUT2D eigenvalue weighted by Gasteiger charge is -2.37. The summed E-state index contributed by atoms with van der Waals surface area (Å²) in [5.74, 6) is 0. The van der Waals surface area contributed by atoms with Gasteiger partial charge < -0.3 is 9.80 Å². The Morgan fingerprint density at radius 1 is 1.56 bits per heavy atom. The molecule has 0 N–H and O–H groups in total. The molecule has 0 saturated carbocycles. The third-order valence-corrected chi connectivity index (χ3v) is 4.38. The number of carbonyl (C=O) groups excluding carboxylic acids is 1. The molecule has 1 aliphatic heterocycles. The van der Waals surface area contributed by atoms with Crippen molar-refractivity contribution in [2.45, 2.75) is 13.0 Å². The maximum Gasteiger partial charge on any atom is 0.187 e. The van der Waals surface area contributed by atoms with Crippen molar-refractivity contribution in [2.75, 3.05) is 31.6 Å². The molecule has 4 nitrogen and oxygen atoms in total. The lowest BCUT2D eigenvalue weighted by atomic mass is 10.2. The van der Waals surface area contributed by atoms with Crippen LogP contribution < -0.4 is 4.90 Å². The number of aromatic nitrogens is 1. The molecule has 1 aromatic heterocycles. The summed E-state index contributed by atoms with van der Waals surface area (Å²) in [6.45, 7) is 5.05. The average molecular weight is 260 g/mol. The quantitative estimate of drug-likeness (QED) is 0.759. The summed E-state index contributed by atoms with van der Waals surface area (Å²) in [5.41, 5.74) is 0. The molecule has 1 aromatic rings. The highest BCUT2D eigenvalue weighted by atomic mass is 35.5. The van der Waals surface area contributed by atoms with Gasteiger partial charge in [-0.05, 0) is 14.0 Å². The Bertz CT molecular complexity index is 395. The van der Waals surface area contributed by atoms with E-state index in [1.54, 1.807) is 0 Å². The smallest absolute Gasteiger partial charge is 0.187 e. The number of hydrogen-bond acceptors (Lipinski definition) is 5. The standard InChI is InChI=1S/C10H14ClN3OS/c1-7-5-14(4-3-13(7)2)10-12-9(11)8(6-15)16-10/h6-7H,3-5H2,1-2H3. The second-order valence-electron chi connectivity index (χ2n) is 4.04. The Hall–Kier alpha value is -0.650. The maximum atomic E-state index is 10.7. The van der Waals surface area contributed by atoms with E-state index in [4.69, 9.17) is 11.6 Å². The lowest BCUT2D eigenvalue weighted by Crippen LogP contribution is -2.50. The predicted octanol–water partition coefficient (Wildman–Crippen LogP) is 1.75. The Kier molecular flexibility index (Phi) is 3.47. The van der Waals surface area contributed by atoms with E-state index in [2.05, 4.69) is 28.8 Å². The number of nitrogens with zero attached hydrogens (tertiary/aromatic N) is 3. The van der Waals surface area contributed by atoms with Crippen molar-refractivity contribution in [3.63, 3.8) is 0 Å². The van der Waals surface area contributed by atoms with Crippen LogP contribution in [-0.2, 0) is 0 Å². The van der Waals surface area contributed by atoms with Gasteiger partial charge in [0.25, 0.3) is 0 Å². The monoisotopic (exact) mass is 259 g/mol. The van der Waals surface area contributed by atoms with Gasteiger partial charge in [0.05, 0.1) is 0 Å². The van der Waals surface area contributed by atoms with Crippen LogP contribution in [0.25, 0.3) is 0 Å². The molecule has 2 heterocycles. The van der Waals surface area contributed by atoms with E-state index in [-0.39, 0.29) is 0 Å². The molecule has 0 aromatic carbocycles. The molecule has 1 saturated heterocycles. The number of carbonyl (C=O) groups is 1. The van der Waals surface area contributed by atoms with Gasteiger partial charge in [-0.15, -0.1) is 0 Å². The van der Waals surface area contributed by atoms with Crippen molar-refractivity contribution in [1.29, 1.82) is 0 Å². The van der Waals surface area contributed by atoms with Gasteiger partial charge in [-0.1, -0.05) is 22.9 Å². The first kappa shape index (κ1) is 11.8. The highest BCUT2D eigenvalue weighted by molar-refractivity contribution is 7.17. The first-order chi connectivity index (χ1) is 7.61. The van der Waals surface area contributed by atoms with Crippen LogP contribution in [0.1, 0.15) is 16.6 Å². The van der Waals surface area contributed by atoms with Gasteiger partial charge in [-0.2, -0.15) is 0 Å². The minimum absolute atomic E-state index is 0.321. The minimum atomic E-state index is 0.321. The van der Waals surface area contributed by atoms with E-state index in [1.807, 2.05) is 0 Å². The first-order valence-corrected chi connectivity index (χ1v) is 6.38. The van der Waals surface area contributed by atoms with Crippen LogP contribution in [0, 0.1) is 0 Å². The van der Waals surface area contributed by atoms with Crippen molar-refractivity contribution < 1.29 is 4.79 Å². The zero-order valence-corrected chi connectivity index (χ0v) is 10.9. The summed E-state index contributed by atoms with van der Waals surface area (Å²) in [6.07, 6.45) is 0.767. The molecule has 1 atom stereocenters. The zero-order valence-electron chi connectivity index (χ0n) is 9.31. The van der Waals surface area contributed by atoms with E-state index in [1.165, 1.54) is 11.3 Å². The van der Waals surface area contributed by atoms with Gasteiger partial charge >= 0.3 is 0 Å². The number of thiazole rings is 1. The molecule has 0 bridgehead atoms. The molecule has 16 heavy (non-hydrogen) atoms. The molecule has 1 aliphatic rings. The fraction of sp³-hybridized carbons (Fsp3) is 0.600. The number of hydrogen-bond donors (Lipinski definition) is 0. The van der Waals surface area contributed by atoms with Gasteiger partial charge in [0.15, 0.2) is 16.6 Å². The molecule has 0 amide bonds. The number of likely N-dealkylation sites (N-methyl/N-ethyl adjacent to an activating group) is 1. The third kappa shape index (κ3) is 2.21. The highest BCUT2D eigenvalue weighted by Crippen LogP contribution is 2.29. The van der Waals surface area contributed by atoms with Crippen molar-refractivity contribution in [2.24, 2.45) is 0 Å². The maximum absolute atomic E-state index is 10.7. The van der Waals surface area contributed by atoms with Crippen LogP contribution in [0.15, 0.2) is 0 Å². The molecule has 0 aliphatic carbocycles.